The maximum atomic E-state index is 11.0. The van der Waals surface area contributed by atoms with Gasteiger partial charge in [-0.2, -0.15) is 0 Å². The molecular formula is C14H17BrN2O2. The lowest BCUT2D eigenvalue weighted by molar-refractivity contribution is -0.385. The average Bonchev–Trinajstić information content (AvgIpc) is 2.94. The summed E-state index contributed by atoms with van der Waals surface area (Å²) < 4.78 is 0.915. The Bertz CT molecular complexity index is 532. The van der Waals surface area contributed by atoms with Crippen molar-refractivity contribution in [3.05, 3.63) is 32.3 Å². The van der Waals surface area contributed by atoms with E-state index in [-0.39, 0.29) is 10.6 Å². The highest BCUT2D eigenvalue weighted by Crippen LogP contribution is 2.46. The van der Waals surface area contributed by atoms with Crippen LogP contribution in [0.2, 0.25) is 0 Å². The lowest BCUT2D eigenvalue weighted by Crippen LogP contribution is -2.26. The predicted molar refractivity (Wildman–Crippen MR) is 78.4 cm³/mol. The second-order valence-corrected chi connectivity index (χ2v) is 6.66. The molecule has 5 heteroatoms. The Morgan fingerprint density at radius 3 is 2.74 bits per heavy atom. The van der Waals surface area contributed by atoms with Crippen molar-refractivity contribution >= 4 is 27.3 Å². The fourth-order valence-corrected chi connectivity index (χ4v) is 4.16. The van der Waals surface area contributed by atoms with Crippen molar-refractivity contribution in [1.29, 1.82) is 0 Å². The van der Waals surface area contributed by atoms with Gasteiger partial charge in [0.1, 0.15) is 0 Å². The first-order valence-corrected chi connectivity index (χ1v) is 7.55. The molecule has 3 atom stereocenters. The van der Waals surface area contributed by atoms with Crippen LogP contribution in [0.15, 0.2) is 16.6 Å². The van der Waals surface area contributed by atoms with Gasteiger partial charge in [-0.15, -0.1) is 0 Å². The zero-order chi connectivity index (χ0) is 13.6. The number of hydrogen-bond donors (Lipinski definition) is 1. The SMILES string of the molecule is Cc1cc(Br)c(NC2CC3CCC2C3)cc1[N+](=O)[O-]. The van der Waals surface area contributed by atoms with Gasteiger partial charge < -0.3 is 5.32 Å². The van der Waals surface area contributed by atoms with E-state index >= 15 is 0 Å². The summed E-state index contributed by atoms with van der Waals surface area (Å²) in [5, 5.41) is 14.5. The van der Waals surface area contributed by atoms with E-state index in [4.69, 9.17) is 0 Å². The summed E-state index contributed by atoms with van der Waals surface area (Å²) in [4.78, 5) is 10.7. The molecule has 0 amide bonds. The summed E-state index contributed by atoms with van der Waals surface area (Å²) in [6, 6.07) is 3.97. The Balaban J connectivity index is 1.84. The third kappa shape index (κ3) is 2.36. The summed E-state index contributed by atoms with van der Waals surface area (Å²) in [6.07, 6.45) is 5.19. The van der Waals surface area contributed by atoms with Crippen LogP contribution >= 0.6 is 15.9 Å². The Morgan fingerprint density at radius 1 is 1.37 bits per heavy atom. The molecule has 0 spiro atoms. The first kappa shape index (κ1) is 12.9. The minimum atomic E-state index is -0.312. The fourth-order valence-electron chi connectivity index (χ4n) is 3.59. The van der Waals surface area contributed by atoms with Crippen LogP contribution in [0.4, 0.5) is 11.4 Å². The first-order valence-electron chi connectivity index (χ1n) is 6.75. The number of hydrogen-bond acceptors (Lipinski definition) is 3. The zero-order valence-electron chi connectivity index (χ0n) is 10.9. The molecule has 0 aliphatic heterocycles. The van der Waals surface area contributed by atoms with Crippen molar-refractivity contribution < 1.29 is 4.92 Å². The number of nitro benzene ring substituents is 1. The second-order valence-electron chi connectivity index (χ2n) is 5.80. The number of nitrogens with one attached hydrogen (secondary N) is 1. The maximum Gasteiger partial charge on any atom is 0.274 e. The minimum absolute atomic E-state index is 0.189. The number of halogens is 1. The van der Waals surface area contributed by atoms with Gasteiger partial charge in [0.2, 0.25) is 0 Å². The molecule has 0 radical (unpaired) electrons. The molecule has 1 aromatic rings. The van der Waals surface area contributed by atoms with Crippen LogP contribution in [-0.2, 0) is 0 Å². The summed E-state index contributed by atoms with van der Waals surface area (Å²) >= 11 is 3.51. The Labute approximate surface area is 120 Å². The Kier molecular flexibility index (Phi) is 3.25. The maximum absolute atomic E-state index is 11.0. The lowest BCUT2D eigenvalue weighted by Gasteiger charge is -2.24. The van der Waals surface area contributed by atoms with Crippen LogP contribution in [0.25, 0.3) is 0 Å². The van der Waals surface area contributed by atoms with Crippen molar-refractivity contribution in [2.45, 2.75) is 38.6 Å². The van der Waals surface area contributed by atoms with Gasteiger partial charge in [0, 0.05) is 22.1 Å². The van der Waals surface area contributed by atoms with E-state index in [9.17, 15) is 10.1 Å². The largest absolute Gasteiger partial charge is 0.381 e. The van der Waals surface area contributed by atoms with Crippen molar-refractivity contribution in [2.75, 3.05) is 5.32 Å². The number of aryl methyl sites for hydroxylation is 1. The third-order valence-electron chi connectivity index (χ3n) is 4.56. The molecule has 1 aromatic carbocycles. The van der Waals surface area contributed by atoms with Gasteiger partial charge in [0.05, 0.1) is 10.6 Å². The van der Waals surface area contributed by atoms with E-state index in [0.717, 1.165) is 22.0 Å². The molecule has 2 aliphatic rings. The fraction of sp³-hybridized carbons (Fsp3) is 0.571. The molecule has 2 aliphatic carbocycles. The van der Waals surface area contributed by atoms with Crippen LogP contribution in [0.5, 0.6) is 0 Å². The summed E-state index contributed by atoms with van der Waals surface area (Å²) in [5.74, 6) is 1.61. The zero-order valence-corrected chi connectivity index (χ0v) is 12.4. The van der Waals surface area contributed by atoms with Gasteiger partial charge in [0.15, 0.2) is 0 Å². The molecule has 0 saturated heterocycles. The van der Waals surface area contributed by atoms with Gasteiger partial charge in [-0.25, -0.2) is 0 Å². The van der Waals surface area contributed by atoms with E-state index in [1.807, 2.05) is 6.07 Å². The molecular weight excluding hydrogens is 308 g/mol. The summed E-state index contributed by atoms with van der Waals surface area (Å²) in [5.41, 5.74) is 1.74. The van der Waals surface area contributed by atoms with Crippen molar-refractivity contribution in [3.8, 4) is 0 Å². The van der Waals surface area contributed by atoms with Crippen LogP contribution in [0.3, 0.4) is 0 Å². The highest BCUT2D eigenvalue weighted by molar-refractivity contribution is 9.10. The van der Waals surface area contributed by atoms with Gasteiger partial charge in [0.25, 0.3) is 5.69 Å². The van der Waals surface area contributed by atoms with Crippen LogP contribution in [-0.4, -0.2) is 11.0 Å². The number of rotatable bonds is 3. The van der Waals surface area contributed by atoms with Gasteiger partial charge >= 0.3 is 0 Å². The van der Waals surface area contributed by atoms with Crippen molar-refractivity contribution in [1.82, 2.24) is 0 Å². The number of anilines is 1. The van der Waals surface area contributed by atoms with Crippen molar-refractivity contribution in [3.63, 3.8) is 0 Å². The van der Waals surface area contributed by atoms with Gasteiger partial charge in [-0.05, 0) is 60.0 Å². The van der Waals surface area contributed by atoms with Gasteiger partial charge in [-0.1, -0.05) is 6.42 Å². The molecule has 102 valence electrons. The number of nitrogens with zero attached hydrogens (tertiary/aromatic N) is 1. The molecule has 2 bridgehead atoms. The smallest absolute Gasteiger partial charge is 0.274 e. The second kappa shape index (κ2) is 4.78. The Hall–Kier alpha value is -1.10. The van der Waals surface area contributed by atoms with Gasteiger partial charge in [-0.3, -0.25) is 10.1 Å². The summed E-state index contributed by atoms with van der Waals surface area (Å²) in [6.45, 7) is 1.77. The quantitative estimate of drug-likeness (QED) is 0.667. The Morgan fingerprint density at radius 2 is 2.16 bits per heavy atom. The molecule has 0 aromatic heterocycles. The average molecular weight is 325 g/mol. The van der Waals surface area contributed by atoms with E-state index in [0.29, 0.717) is 11.6 Å². The monoisotopic (exact) mass is 324 g/mol. The molecule has 3 unspecified atom stereocenters. The molecule has 2 saturated carbocycles. The number of nitro groups is 1. The molecule has 0 heterocycles. The highest BCUT2D eigenvalue weighted by Gasteiger charge is 2.39. The molecule has 3 rings (SSSR count). The van der Waals surface area contributed by atoms with E-state index in [2.05, 4.69) is 21.2 Å². The molecule has 1 N–H and O–H groups in total. The van der Waals surface area contributed by atoms with E-state index < -0.39 is 0 Å². The normalized spacial score (nSPS) is 28.6. The topological polar surface area (TPSA) is 55.2 Å². The molecule has 4 nitrogen and oxygen atoms in total. The molecule has 2 fully saturated rings. The summed E-state index contributed by atoms with van der Waals surface area (Å²) in [7, 11) is 0. The predicted octanol–water partition coefficient (Wildman–Crippen LogP) is 4.27. The van der Waals surface area contributed by atoms with Crippen LogP contribution in [0, 0.1) is 28.9 Å². The van der Waals surface area contributed by atoms with Crippen molar-refractivity contribution in [2.24, 2.45) is 11.8 Å². The highest BCUT2D eigenvalue weighted by atomic mass is 79.9. The third-order valence-corrected chi connectivity index (χ3v) is 5.22. The number of benzene rings is 1. The van der Waals surface area contributed by atoms with E-state index in [1.54, 1.807) is 13.0 Å². The first-order chi connectivity index (χ1) is 9.04. The lowest BCUT2D eigenvalue weighted by atomic mass is 9.95. The minimum Gasteiger partial charge on any atom is -0.381 e. The molecule has 19 heavy (non-hydrogen) atoms. The van der Waals surface area contributed by atoms with Crippen LogP contribution < -0.4 is 5.32 Å². The van der Waals surface area contributed by atoms with Crippen LogP contribution in [0.1, 0.15) is 31.2 Å². The number of fused-ring (bicyclic) bond motifs is 2. The standard InChI is InChI=1S/C14H17BrN2O2/c1-8-4-11(15)13(7-14(8)17(18)19)16-12-6-9-2-3-10(12)5-9/h4,7,9-10,12,16H,2-3,5-6H2,1H3. The van der Waals surface area contributed by atoms with E-state index in [1.165, 1.54) is 25.7 Å².